The van der Waals surface area contributed by atoms with Crippen molar-refractivity contribution < 1.29 is 17.9 Å². The maximum atomic E-state index is 12.6. The first-order valence-corrected chi connectivity index (χ1v) is 12.9. The minimum Gasteiger partial charge on any atom is -0.444 e. The number of carbonyl (C=O) groups is 1. The van der Waals surface area contributed by atoms with E-state index in [0.29, 0.717) is 26.2 Å². The van der Waals surface area contributed by atoms with Crippen LogP contribution in [0.5, 0.6) is 0 Å². The zero-order chi connectivity index (χ0) is 22.7. The number of ether oxygens (including phenoxy) is 1. The number of rotatable bonds is 2. The normalized spacial score (nSPS) is 30.4. The third-order valence-corrected chi connectivity index (χ3v) is 8.80. The predicted molar refractivity (Wildman–Crippen MR) is 124 cm³/mol. The van der Waals surface area contributed by atoms with Gasteiger partial charge in [-0.2, -0.15) is 0 Å². The van der Waals surface area contributed by atoms with Gasteiger partial charge in [-0.25, -0.2) is 13.2 Å². The number of hydrogen-bond acceptors (Lipinski definition) is 6. The molecule has 0 bridgehead atoms. The fraction of sp³-hybridized carbons (Fsp3) is 0.696. The molecule has 3 fully saturated rings. The topological polar surface area (TPSA) is 70.2 Å². The number of likely N-dealkylation sites (tertiary alicyclic amines) is 1. The molecule has 4 rings (SSSR count). The predicted octanol–water partition coefficient (Wildman–Crippen LogP) is 3.00. The molecule has 3 aliphatic heterocycles. The average molecular weight is 450 g/mol. The van der Waals surface area contributed by atoms with E-state index in [1.54, 1.807) is 0 Å². The Kier molecular flexibility index (Phi) is 5.23. The summed E-state index contributed by atoms with van der Waals surface area (Å²) in [7, 11) is -2.88. The van der Waals surface area contributed by atoms with Crippen molar-refractivity contribution in [1.82, 2.24) is 4.90 Å². The van der Waals surface area contributed by atoms with Gasteiger partial charge in [-0.05, 0) is 45.0 Å². The van der Waals surface area contributed by atoms with Gasteiger partial charge in [-0.1, -0.05) is 13.8 Å². The zero-order valence-electron chi connectivity index (χ0n) is 19.3. The molecule has 0 aliphatic carbocycles. The number of amides is 1. The van der Waals surface area contributed by atoms with E-state index in [1.807, 2.05) is 25.7 Å². The first-order chi connectivity index (χ1) is 14.3. The molecule has 2 atom stereocenters. The van der Waals surface area contributed by atoms with Crippen molar-refractivity contribution in [1.29, 1.82) is 0 Å². The van der Waals surface area contributed by atoms with E-state index in [0.717, 1.165) is 18.8 Å². The highest BCUT2D eigenvalue weighted by Gasteiger charge is 2.59. The molecule has 0 aromatic heterocycles. The highest BCUT2D eigenvalue weighted by molar-refractivity contribution is 7.91. The zero-order valence-corrected chi connectivity index (χ0v) is 20.2. The van der Waals surface area contributed by atoms with Crippen LogP contribution in [0.15, 0.2) is 24.3 Å². The Morgan fingerprint density at radius 1 is 0.871 bits per heavy atom. The van der Waals surface area contributed by atoms with Gasteiger partial charge in [0.15, 0.2) is 9.84 Å². The molecule has 172 valence electrons. The van der Waals surface area contributed by atoms with Crippen molar-refractivity contribution in [2.24, 2.45) is 10.8 Å². The van der Waals surface area contributed by atoms with Gasteiger partial charge in [0.25, 0.3) is 0 Å². The van der Waals surface area contributed by atoms with Crippen molar-refractivity contribution in [3.8, 4) is 0 Å². The molecule has 0 N–H and O–H groups in total. The summed E-state index contributed by atoms with van der Waals surface area (Å²) in [5.74, 6) is 0.456. The van der Waals surface area contributed by atoms with Crippen molar-refractivity contribution in [2.75, 3.05) is 60.6 Å². The largest absolute Gasteiger partial charge is 0.444 e. The van der Waals surface area contributed by atoms with E-state index in [2.05, 4.69) is 47.9 Å². The summed E-state index contributed by atoms with van der Waals surface area (Å²) < 4.78 is 29.0. The van der Waals surface area contributed by atoms with Crippen LogP contribution in [-0.4, -0.2) is 75.8 Å². The lowest BCUT2D eigenvalue weighted by Gasteiger charge is -2.30. The molecule has 3 saturated heterocycles. The van der Waals surface area contributed by atoms with E-state index in [1.165, 1.54) is 5.69 Å². The highest BCUT2D eigenvalue weighted by Crippen LogP contribution is 2.52. The van der Waals surface area contributed by atoms with Crippen molar-refractivity contribution in [3.05, 3.63) is 24.3 Å². The SMILES string of the molecule is CC(C)(C)OC(=O)N1C[C@@]2(C)CN(c3ccc(N4CCS(=O)(=O)CC4)cc3)C[C@@]2(C)C1. The summed E-state index contributed by atoms with van der Waals surface area (Å²) in [5.41, 5.74) is 1.77. The summed E-state index contributed by atoms with van der Waals surface area (Å²) in [5, 5.41) is 0. The van der Waals surface area contributed by atoms with E-state index in [9.17, 15) is 13.2 Å². The molecular formula is C23H35N3O4S. The molecule has 3 aliphatic rings. The van der Waals surface area contributed by atoms with Gasteiger partial charge >= 0.3 is 6.09 Å². The second-order valence-corrected chi connectivity index (χ2v) is 13.3. The van der Waals surface area contributed by atoms with Crippen molar-refractivity contribution in [2.45, 2.75) is 40.2 Å². The summed E-state index contributed by atoms with van der Waals surface area (Å²) >= 11 is 0. The Bertz CT molecular complexity index is 922. The Morgan fingerprint density at radius 2 is 1.32 bits per heavy atom. The standard InChI is InChI=1S/C23H35N3O4S/c1-21(2,3)30-20(27)26-16-22(4)14-25(15-23(22,5)17-26)19-8-6-18(7-9-19)24-10-12-31(28,29)13-11-24/h6-9H,10-17H2,1-5H3/t22-,23+. The maximum Gasteiger partial charge on any atom is 0.410 e. The van der Waals surface area contributed by atoms with Gasteiger partial charge < -0.3 is 19.4 Å². The van der Waals surface area contributed by atoms with E-state index >= 15 is 0 Å². The number of hydrogen-bond donors (Lipinski definition) is 0. The van der Waals surface area contributed by atoms with Crippen LogP contribution in [0.4, 0.5) is 16.2 Å². The van der Waals surface area contributed by atoms with E-state index < -0.39 is 15.4 Å². The quantitative estimate of drug-likeness (QED) is 0.691. The second-order valence-electron chi connectivity index (χ2n) is 11.0. The van der Waals surface area contributed by atoms with Crippen LogP contribution in [0, 0.1) is 10.8 Å². The monoisotopic (exact) mass is 449 g/mol. The number of anilines is 2. The summed E-state index contributed by atoms with van der Waals surface area (Å²) in [6.07, 6.45) is -0.219. The Balaban J connectivity index is 1.42. The molecule has 1 aromatic carbocycles. The Labute approximate surface area is 186 Å². The van der Waals surface area contributed by atoms with Crippen LogP contribution in [0.1, 0.15) is 34.6 Å². The minimum absolute atomic E-state index is 0.00377. The fourth-order valence-electron chi connectivity index (χ4n) is 5.14. The van der Waals surface area contributed by atoms with Gasteiger partial charge in [-0.3, -0.25) is 0 Å². The van der Waals surface area contributed by atoms with E-state index in [-0.39, 0.29) is 28.4 Å². The molecule has 31 heavy (non-hydrogen) atoms. The Morgan fingerprint density at radius 3 is 1.77 bits per heavy atom. The number of benzene rings is 1. The van der Waals surface area contributed by atoms with Gasteiger partial charge in [0.1, 0.15) is 5.60 Å². The number of nitrogens with zero attached hydrogens (tertiary/aromatic N) is 3. The molecule has 7 nitrogen and oxygen atoms in total. The molecule has 1 aromatic rings. The van der Waals surface area contributed by atoms with Gasteiger partial charge in [0, 0.05) is 61.5 Å². The number of sulfone groups is 1. The second kappa shape index (κ2) is 7.29. The number of fused-ring (bicyclic) bond motifs is 1. The smallest absolute Gasteiger partial charge is 0.410 e. The third kappa shape index (κ3) is 4.36. The molecule has 1 amide bonds. The summed E-state index contributed by atoms with van der Waals surface area (Å²) in [6.45, 7) is 14.6. The fourth-order valence-corrected chi connectivity index (χ4v) is 6.34. The first kappa shape index (κ1) is 22.2. The van der Waals surface area contributed by atoms with Crippen LogP contribution in [-0.2, 0) is 14.6 Å². The lowest BCUT2D eigenvalue weighted by molar-refractivity contribution is 0.0269. The van der Waals surface area contributed by atoms with Gasteiger partial charge in [0.05, 0.1) is 11.5 Å². The van der Waals surface area contributed by atoms with Crippen molar-refractivity contribution >= 4 is 27.3 Å². The highest BCUT2D eigenvalue weighted by atomic mass is 32.2. The summed E-state index contributed by atoms with van der Waals surface area (Å²) in [6, 6.07) is 8.47. The maximum absolute atomic E-state index is 12.6. The molecule has 0 spiro atoms. The van der Waals surface area contributed by atoms with Crippen LogP contribution in [0.25, 0.3) is 0 Å². The number of carbonyl (C=O) groups excluding carboxylic acids is 1. The van der Waals surface area contributed by atoms with Crippen LogP contribution < -0.4 is 9.80 Å². The molecule has 0 radical (unpaired) electrons. The van der Waals surface area contributed by atoms with Crippen LogP contribution >= 0.6 is 0 Å². The minimum atomic E-state index is -2.88. The molecule has 8 heteroatoms. The van der Waals surface area contributed by atoms with Crippen LogP contribution in [0.2, 0.25) is 0 Å². The Hall–Kier alpha value is -1.96. The molecule has 0 unspecified atom stereocenters. The van der Waals surface area contributed by atoms with Gasteiger partial charge in [0.2, 0.25) is 0 Å². The van der Waals surface area contributed by atoms with Gasteiger partial charge in [-0.15, -0.1) is 0 Å². The molecular weight excluding hydrogens is 414 g/mol. The molecule has 0 saturated carbocycles. The lowest BCUT2D eigenvalue weighted by Crippen LogP contribution is -2.40. The van der Waals surface area contributed by atoms with E-state index in [4.69, 9.17) is 4.74 Å². The third-order valence-electron chi connectivity index (χ3n) is 7.19. The van der Waals surface area contributed by atoms with Crippen LogP contribution in [0.3, 0.4) is 0 Å². The lowest BCUT2D eigenvalue weighted by atomic mass is 9.71. The first-order valence-electron chi connectivity index (χ1n) is 11.1. The average Bonchev–Trinajstić information content (AvgIpc) is 3.05. The summed E-state index contributed by atoms with van der Waals surface area (Å²) in [4.78, 5) is 19.0. The molecule has 3 heterocycles. The van der Waals surface area contributed by atoms with Crippen molar-refractivity contribution in [3.63, 3.8) is 0 Å².